The van der Waals surface area contributed by atoms with Crippen LogP contribution >= 0.6 is 0 Å². The van der Waals surface area contributed by atoms with Gasteiger partial charge in [-0.2, -0.15) is 0 Å². The predicted octanol–water partition coefficient (Wildman–Crippen LogP) is 4.51. The van der Waals surface area contributed by atoms with Crippen molar-refractivity contribution in [3.63, 3.8) is 0 Å². The number of halogens is 1. The maximum absolute atomic E-state index is 13.4. The number of hydrogen-bond donors (Lipinski definition) is 3. The zero-order chi connectivity index (χ0) is 27.1. The predicted molar refractivity (Wildman–Crippen MR) is 147 cm³/mol. The molecular formula is C29H38FN5O3. The van der Waals surface area contributed by atoms with Crippen LogP contribution in [0.15, 0.2) is 42.5 Å². The molecule has 8 nitrogen and oxygen atoms in total. The Kier molecular flexibility index (Phi) is 9.20. The van der Waals surface area contributed by atoms with E-state index in [0.717, 1.165) is 43.4 Å². The fourth-order valence-electron chi connectivity index (χ4n) is 5.08. The van der Waals surface area contributed by atoms with Gasteiger partial charge in [-0.3, -0.25) is 9.59 Å². The highest BCUT2D eigenvalue weighted by atomic mass is 19.1. The Hall–Kier alpha value is -3.62. The quantitative estimate of drug-likeness (QED) is 0.498. The van der Waals surface area contributed by atoms with E-state index in [2.05, 4.69) is 20.9 Å². The lowest BCUT2D eigenvalue weighted by Gasteiger charge is -2.26. The highest BCUT2D eigenvalue weighted by Crippen LogP contribution is 2.29. The first-order chi connectivity index (χ1) is 18.3. The molecule has 2 aromatic rings. The van der Waals surface area contributed by atoms with Crippen molar-refractivity contribution in [2.75, 3.05) is 36.4 Å². The molecule has 2 fully saturated rings. The van der Waals surface area contributed by atoms with E-state index in [4.69, 9.17) is 0 Å². The monoisotopic (exact) mass is 523 g/mol. The number of nitrogens with one attached hydrogen (secondary N) is 3. The summed E-state index contributed by atoms with van der Waals surface area (Å²) in [6.07, 6.45) is 4.68. The first kappa shape index (κ1) is 27.4. The summed E-state index contributed by atoms with van der Waals surface area (Å²) in [6.45, 7) is 6.57. The van der Waals surface area contributed by atoms with Crippen molar-refractivity contribution in [3.05, 3.63) is 59.4 Å². The van der Waals surface area contributed by atoms with Crippen molar-refractivity contribution in [2.45, 2.75) is 58.5 Å². The fraction of sp³-hybridized carbons (Fsp3) is 0.483. The number of nitrogens with zero attached hydrogens (tertiary/aromatic N) is 2. The lowest BCUT2D eigenvalue weighted by Crippen LogP contribution is -2.44. The number of carbonyl (C=O) groups is 3. The van der Waals surface area contributed by atoms with Crippen molar-refractivity contribution in [3.8, 4) is 0 Å². The van der Waals surface area contributed by atoms with Crippen LogP contribution in [-0.2, 0) is 11.3 Å². The first-order valence-electron chi connectivity index (χ1n) is 13.6. The zero-order valence-electron chi connectivity index (χ0n) is 22.3. The lowest BCUT2D eigenvalue weighted by atomic mass is 10.1. The molecule has 9 heteroatoms. The Morgan fingerprint density at radius 1 is 0.947 bits per heavy atom. The average molecular weight is 524 g/mol. The van der Waals surface area contributed by atoms with E-state index in [0.29, 0.717) is 37.4 Å². The van der Waals surface area contributed by atoms with E-state index >= 15 is 0 Å². The molecular weight excluding hydrogens is 485 g/mol. The van der Waals surface area contributed by atoms with E-state index in [-0.39, 0.29) is 42.2 Å². The minimum absolute atomic E-state index is 0.00509. The van der Waals surface area contributed by atoms with Gasteiger partial charge in [0.2, 0.25) is 5.91 Å². The summed E-state index contributed by atoms with van der Waals surface area (Å²) in [6, 6.07) is 11.4. The number of urea groups is 1. The van der Waals surface area contributed by atoms with Crippen molar-refractivity contribution in [2.24, 2.45) is 5.92 Å². The summed E-state index contributed by atoms with van der Waals surface area (Å²) < 4.78 is 13.3. The molecule has 0 unspecified atom stereocenters. The van der Waals surface area contributed by atoms with Gasteiger partial charge in [-0.25, -0.2) is 9.18 Å². The Bertz CT molecular complexity index is 1130. The summed E-state index contributed by atoms with van der Waals surface area (Å²) in [5, 5.41) is 8.89. The minimum atomic E-state index is -0.328. The number of amides is 4. The normalized spacial score (nSPS) is 16.3. The molecule has 4 rings (SSSR count). The molecule has 1 aliphatic heterocycles. The Labute approximate surface area is 224 Å². The van der Waals surface area contributed by atoms with Gasteiger partial charge < -0.3 is 25.8 Å². The number of carbonyl (C=O) groups excluding carboxylic acids is 3. The topological polar surface area (TPSA) is 93.8 Å². The highest BCUT2D eigenvalue weighted by Gasteiger charge is 2.25. The second-order valence-corrected chi connectivity index (χ2v) is 10.4. The largest absolute Gasteiger partial charge is 0.369 e. The van der Waals surface area contributed by atoms with Crippen molar-refractivity contribution in [1.82, 2.24) is 15.5 Å². The third kappa shape index (κ3) is 7.24. The molecule has 4 amide bonds. The van der Waals surface area contributed by atoms with E-state index in [1.54, 1.807) is 18.2 Å². The molecule has 0 spiro atoms. The maximum Gasteiger partial charge on any atom is 0.317 e. The van der Waals surface area contributed by atoms with Gasteiger partial charge in [0.25, 0.3) is 5.91 Å². The van der Waals surface area contributed by atoms with Crippen LogP contribution in [0.3, 0.4) is 0 Å². The van der Waals surface area contributed by atoms with Crippen LogP contribution in [-0.4, -0.2) is 55.0 Å². The van der Waals surface area contributed by atoms with Crippen molar-refractivity contribution >= 4 is 29.2 Å². The van der Waals surface area contributed by atoms with E-state index in [9.17, 15) is 18.8 Å². The number of rotatable bonds is 7. The molecule has 1 saturated carbocycles. The van der Waals surface area contributed by atoms with Crippen LogP contribution in [0.5, 0.6) is 0 Å². The van der Waals surface area contributed by atoms with Crippen LogP contribution < -0.4 is 20.9 Å². The molecule has 0 radical (unpaired) electrons. The summed E-state index contributed by atoms with van der Waals surface area (Å²) in [5.74, 6) is -0.598. The number of anilines is 2. The van der Waals surface area contributed by atoms with Gasteiger partial charge in [-0.1, -0.05) is 25.0 Å². The van der Waals surface area contributed by atoms with E-state index in [1.807, 2.05) is 30.9 Å². The van der Waals surface area contributed by atoms with Gasteiger partial charge in [-0.15, -0.1) is 0 Å². The van der Waals surface area contributed by atoms with Crippen LogP contribution in [0.25, 0.3) is 0 Å². The van der Waals surface area contributed by atoms with E-state index in [1.165, 1.54) is 12.1 Å². The molecule has 0 aromatic heterocycles. The number of hydrogen-bond acceptors (Lipinski definition) is 4. The fourth-order valence-corrected chi connectivity index (χ4v) is 5.08. The minimum Gasteiger partial charge on any atom is -0.369 e. The Balaban J connectivity index is 1.52. The van der Waals surface area contributed by atoms with Gasteiger partial charge in [0.15, 0.2) is 0 Å². The molecule has 0 atom stereocenters. The standard InChI is InChI=1S/C29H38FN5O3/c1-20(2)32-29(38)35-15-5-14-34(16-17-35)26-13-12-24(33-27(36)22-6-3-4-7-22)18-25(26)28(37)31-19-21-8-10-23(30)11-9-21/h8-13,18,20,22H,3-7,14-17,19H2,1-2H3,(H,31,37)(H,32,38)(H,33,36). The second-order valence-electron chi connectivity index (χ2n) is 10.4. The molecule has 204 valence electrons. The summed E-state index contributed by atoms with van der Waals surface area (Å²) >= 11 is 0. The first-order valence-corrected chi connectivity index (χ1v) is 13.6. The van der Waals surface area contributed by atoms with Crippen molar-refractivity contribution in [1.29, 1.82) is 0 Å². The van der Waals surface area contributed by atoms with Gasteiger partial charge in [0.05, 0.1) is 5.56 Å². The zero-order valence-corrected chi connectivity index (χ0v) is 22.3. The van der Waals surface area contributed by atoms with Crippen LogP contribution in [0.4, 0.5) is 20.6 Å². The molecule has 1 saturated heterocycles. The van der Waals surface area contributed by atoms with E-state index < -0.39 is 0 Å². The number of benzene rings is 2. The Morgan fingerprint density at radius 2 is 1.68 bits per heavy atom. The smallest absolute Gasteiger partial charge is 0.317 e. The van der Waals surface area contributed by atoms with Crippen LogP contribution in [0.2, 0.25) is 0 Å². The molecule has 3 N–H and O–H groups in total. The van der Waals surface area contributed by atoms with Crippen LogP contribution in [0, 0.1) is 11.7 Å². The Morgan fingerprint density at radius 3 is 2.39 bits per heavy atom. The van der Waals surface area contributed by atoms with Gasteiger partial charge in [0.1, 0.15) is 5.82 Å². The summed E-state index contributed by atoms with van der Waals surface area (Å²) in [5.41, 5.74) is 2.59. The molecule has 1 aliphatic carbocycles. The second kappa shape index (κ2) is 12.8. The van der Waals surface area contributed by atoms with Gasteiger partial charge in [0, 0.05) is 56.1 Å². The molecule has 1 heterocycles. The average Bonchev–Trinajstić information content (AvgIpc) is 3.33. The maximum atomic E-state index is 13.4. The van der Waals surface area contributed by atoms with Gasteiger partial charge in [-0.05, 0) is 69.0 Å². The third-order valence-corrected chi connectivity index (χ3v) is 7.14. The van der Waals surface area contributed by atoms with Crippen LogP contribution in [0.1, 0.15) is 61.9 Å². The molecule has 2 aromatic carbocycles. The molecule has 0 bridgehead atoms. The lowest BCUT2D eigenvalue weighted by molar-refractivity contribution is -0.119. The van der Waals surface area contributed by atoms with Gasteiger partial charge >= 0.3 is 6.03 Å². The highest BCUT2D eigenvalue weighted by molar-refractivity contribution is 6.02. The SMILES string of the molecule is CC(C)NC(=O)N1CCCN(c2ccc(NC(=O)C3CCCC3)cc2C(=O)NCc2ccc(F)cc2)CC1. The van der Waals surface area contributed by atoms with Crippen molar-refractivity contribution < 1.29 is 18.8 Å². The summed E-state index contributed by atoms with van der Waals surface area (Å²) in [4.78, 5) is 42.6. The molecule has 2 aliphatic rings. The summed E-state index contributed by atoms with van der Waals surface area (Å²) in [7, 11) is 0. The molecule has 38 heavy (non-hydrogen) atoms. The third-order valence-electron chi connectivity index (χ3n) is 7.14.